The van der Waals surface area contributed by atoms with Gasteiger partial charge in [-0.1, -0.05) is 0 Å². The van der Waals surface area contributed by atoms with E-state index in [1.807, 2.05) is 57.4 Å². The first-order valence-electron chi connectivity index (χ1n) is 6.68. The Morgan fingerprint density at radius 1 is 0.905 bits per heavy atom. The van der Waals surface area contributed by atoms with E-state index in [0.29, 0.717) is 6.61 Å². The van der Waals surface area contributed by atoms with Crippen molar-refractivity contribution in [3.63, 3.8) is 0 Å². The quantitative estimate of drug-likeness (QED) is 0.664. The van der Waals surface area contributed by atoms with Crippen LogP contribution in [0, 0.1) is 0 Å². The van der Waals surface area contributed by atoms with E-state index in [1.54, 1.807) is 0 Å². The van der Waals surface area contributed by atoms with Crippen molar-refractivity contribution in [2.75, 3.05) is 25.6 Å². The average molecular weight is 440 g/mol. The predicted molar refractivity (Wildman–Crippen MR) is 95.1 cm³/mol. The van der Waals surface area contributed by atoms with Gasteiger partial charge in [-0.15, -0.1) is 0 Å². The van der Waals surface area contributed by atoms with Crippen LogP contribution in [-0.2, 0) is 0 Å². The van der Waals surface area contributed by atoms with Crippen molar-refractivity contribution in [1.82, 2.24) is 0 Å². The molecule has 2 aromatic carbocycles. The molecule has 0 saturated heterocycles. The van der Waals surface area contributed by atoms with Crippen molar-refractivity contribution in [3.05, 3.63) is 48.5 Å². The number of hydrogen-bond donors (Lipinski definition) is 0. The van der Waals surface area contributed by atoms with Crippen LogP contribution in [0.25, 0.3) is 0 Å². The number of hydrogen-bond acceptors (Lipinski definition) is 2. The van der Waals surface area contributed by atoms with Gasteiger partial charge in [0, 0.05) is 0 Å². The molecule has 0 aromatic heterocycles. The van der Waals surface area contributed by atoms with Crippen LogP contribution in [0.1, 0.15) is 6.92 Å². The zero-order valence-electron chi connectivity index (χ0n) is 12.3. The SMILES string of the molecule is CCOc1ccc([Te](Cl)(Cl)c2ccc(N(C)C)cc2)cc1. The molecule has 0 aliphatic rings. The van der Waals surface area contributed by atoms with Gasteiger partial charge in [-0.2, -0.15) is 0 Å². The van der Waals surface area contributed by atoms with Crippen molar-refractivity contribution >= 4 is 46.8 Å². The van der Waals surface area contributed by atoms with E-state index in [2.05, 4.69) is 17.0 Å². The summed E-state index contributed by atoms with van der Waals surface area (Å²) in [6.45, 7) is 2.62. The third kappa shape index (κ3) is 3.99. The van der Waals surface area contributed by atoms with E-state index >= 15 is 0 Å². The van der Waals surface area contributed by atoms with Crippen LogP contribution in [0.4, 0.5) is 5.69 Å². The molecule has 2 nitrogen and oxygen atoms in total. The van der Waals surface area contributed by atoms with Crippen molar-refractivity contribution in [1.29, 1.82) is 0 Å². The standard InChI is InChI=1S/C16H19Cl2NOTe/c1-4-20-14-7-11-16(12-8-14)21(17,18)15-9-5-13(6-10-15)19(2)3/h5-12H,4H2,1-3H3. The van der Waals surface area contributed by atoms with Gasteiger partial charge < -0.3 is 0 Å². The molecule has 0 bridgehead atoms. The van der Waals surface area contributed by atoms with Crippen LogP contribution >= 0.6 is 17.9 Å². The molecule has 0 radical (unpaired) electrons. The second-order valence-electron chi connectivity index (χ2n) is 4.76. The molecule has 0 aliphatic carbocycles. The van der Waals surface area contributed by atoms with Gasteiger partial charge in [0.2, 0.25) is 0 Å². The molecule has 0 amide bonds. The van der Waals surface area contributed by atoms with Gasteiger partial charge in [-0.3, -0.25) is 0 Å². The van der Waals surface area contributed by atoms with Crippen LogP contribution in [0.15, 0.2) is 48.5 Å². The second-order valence-corrected chi connectivity index (χ2v) is 17.4. The van der Waals surface area contributed by atoms with Crippen LogP contribution < -0.4 is 16.9 Å². The molecule has 21 heavy (non-hydrogen) atoms. The minimum atomic E-state index is -3.28. The van der Waals surface area contributed by atoms with Gasteiger partial charge in [-0.05, 0) is 0 Å². The summed E-state index contributed by atoms with van der Waals surface area (Å²) in [6, 6.07) is 16.0. The summed E-state index contributed by atoms with van der Waals surface area (Å²) in [5.41, 5.74) is 1.14. The number of nitrogens with zero attached hydrogens (tertiary/aromatic N) is 1. The van der Waals surface area contributed by atoms with E-state index in [4.69, 9.17) is 22.7 Å². The average Bonchev–Trinajstić information content (AvgIpc) is 2.48. The van der Waals surface area contributed by atoms with Crippen molar-refractivity contribution in [2.24, 2.45) is 0 Å². The van der Waals surface area contributed by atoms with E-state index in [9.17, 15) is 0 Å². The third-order valence-electron chi connectivity index (χ3n) is 3.08. The molecule has 0 atom stereocenters. The fraction of sp³-hybridized carbons (Fsp3) is 0.250. The zero-order valence-corrected chi connectivity index (χ0v) is 16.2. The Labute approximate surface area is 137 Å². The van der Waals surface area contributed by atoms with Crippen LogP contribution in [-0.4, -0.2) is 36.6 Å². The van der Waals surface area contributed by atoms with Crippen LogP contribution in [0.3, 0.4) is 0 Å². The summed E-state index contributed by atoms with van der Waals surface area (Å²) < 4.78 is 7.50. The molecular formula is C16H19Cl2NOTe. The first kappa shape index (κ1) is 16.8. The monoisotopic (exact) mass is 441 g/mol. The van der Waals surface area contributed by atoms with Gasteiger partial charge in [0.05, 0.1) is 0 Å². The first-order chi connectivity index (χ1) is 9.95. The van der Waals surface area contributed by atoms with Crippen molar-refractivity contribution < 1.29 is 4.74 Å². The molecule has 0 fully saturated rings. The molecule has 5 heteroatoms. The third-order valence-corrected chi connectivity index (χ3v) is 12.8. The van der Waals surface area contributed by atoms with E-state index in [-0.39, 0.29) is 0 Å². The molecule has 2 rings (SSSR count). The molecule has 0 heterocycles. The van der Waals surface area contributed by atoms with Gasteiger partial charge in [0.25, 0.3) is 0 Å². The molecule has 0 saturated carbocycles. The van der Waals surface area contributed by atoms with Gasteiger partial charge >= 0.3 is 138 Å². The number of benzene rings is 2. The Kier molecular flexibility index (Phi) is 5.68. The number of anilines is 1. The number of ether oxygens (including phenoxy) is 1. The maximum atomic E-state index is 6.75. The summed E-state index contributed by atoms with van der Waals surface area (Å²) in [6.07, 6.45) is 0. The Balaban J connectivity index is 2.27. The molecule has 114 valence electrons. The summed E-state index contributed by atoms with van der Waals surface area (Å²) in [5, 5.41) is 0. The van der Waals surface area contributed by atoms with Gasteiger partial charge in [0.1, 0.15) is 0 Å². The fourth-order valence-electron chi connectivity index (χ4n) is 1.92. The second kappa shape index (κ2) is 7.11. The summed E-state index contributed by atoms with van der Waals surface area (Å²) in [7, 11) is 17.5. The number of rotatable bonds is 5. The molecule has 2 aromatic rings. The Hall–Kier alpha value is -0.590. The van der Waals surface area contributed by atoms with E-state index in [0.717, 1.165) is 18.7 Å². The van der Waals surface area contributed by atoms with Gasteiger partial charge in [-0.25, -0.2) is 0 Å². The summed E-state index contributed by atoms with van der Waals surface area (Å²) in [4.78, 5) is 2.05. The predicted octanol–water partition coefficient (Wildman–Crippen LogP) is 3.19. The molecular weight excluding hydrogens is 421 g/mol. The summed E-state index contributed by atoms with van der Waals surface area (Å²) >= 11 is -3.28. The topological polar surface area (TPSA) is 12.5 Å². The molecule has 0 aliphatic heterocycles. The van der Waals surface area contributed by atoms with Gasteiger partial charge in [0.15, 0.2) is 0 Å². The Morgan fingerprint density at radius 2 is 1.38 bits per heavy atom. The van der Waals surface area contributed by atoms with Crippen LogP contribution in [0.5, 0.6) is 5.75 Å². The number of halogens is 2. The van der Waals surface area contributed by atoms with Crippen LogP contribution in [0.2, 0.25) is 0 Å². The molecule has 0 N–H and O–H groups in total. The molecule has 0 unspecified atom stereocenters. The zero-order chi connectivity index (χ0) is 15.5. The minimum absolute atomic E-state index is 0.653. The fourth-order valence-corrected chi connectivity index (χ4v) is 8.19. The van der Waals surface area contributed by atoms with E-state index in [1.165, 1.54) is 0 Å². The first-order valence-corrected chi connectivity index (χ1v) is 14.9. The van der Waals surface area contributed by atoms with Crippen molar-refractivity contribution in [2.45, 2.75) is 6.92 Å². The van der Waals surface area contributed by atoms with E-state index < -0.39 is 15.9 Å². The molecule has 0 spiro atoms. The summed E-state index contributed by atoms with van der Waals surface area (Å²) in [5.74, 6) is 0.844. The Bertz CT molecular complexity index is 582. The Morgan fingerprint density at radius 3 is 1.81 bits per heavy atom. The van der Waals surface area contributed by atoms with Crippen molar-refractivity contribution in [3.8, 4) is 5.75 Å². The maximum absolute atomic E-state index is 6.75. The normalized spacial score (nSPS) is 12.0.